The van der Waals surface area contributed by atoms with Gasteiger partial charge in [0, 0.05) is 11.5 Å². The molecule has 2 rings (SSSR count). The van der Waals surface area contributed by atoms with Crippen molar-refractivity contribution < 1.29 is 19.7 Å². The summed E-state index contributed by atoms with van der Waals surface area (Å²) in [6.07, 6.45) is 0.729. The molecule has 4 nitrogen and oxygen atoms in total. The summed E-state index contributed by atoms with van der Waals surface area (Å²) in [5, 5.41) is 18.0. The topological polar surface area (TPSA) is 66.8 Å². The maximum atomic E-state index is 10.8. The summed E-state index contributed by atoms with van der Waals surface area (Å²) in [6.45, 7) is 0.601. The molecular formula is C11H12O4. The number of ether oxygens (including phenoxy) is 1. The lowest BCUT2D eigenvalue weighted by Gasteiger charge is -2.24. The first-order valence-electron chi connectivity index (χ1n) is 4.83. The van der Waals surface area contributed by atoms with Gasteiger partial charge in [-0.2, -0.15) is 0 Å². The van der Waals surface area contributed by atoms with Crippen LogP contribution in [0.25, 0.3) is 0 Å². The quantitative estimate of drug-likeness (QED) is 0.767. The number of fused-ring (bicyclic) bond motifs is 1. The molecule has 1 unspecified atom stereocenters. The molecule has 0 aromatic heterocycles. The Hall–Kier alpha value is -1.55. The van der Waals surface area contributed by atoms with Crippen LogP contribution in [-0.4, -0.2) is 29.4 Å². The molecule has 0 radical (unpaired) electrons. The summed E-state index contributed by atoms with van der Waals surface area (Å²) >= 11 is 0. The van der Waals surface area contributed by atoms with Crippen LogP contribution in [0.3, 0.4) is 0 Å². The Labute approximate surface area is 87.1 Å². The van der Waals surface area contributed by atoms with E-state index in [1.54, 1.807) is 12.1 Å². The monoisotopic (exact) mass is 208 g/mol. The van der Waals surface area contributed by atoms with Gasteiger partial charge >= 0.3 is 5.97 Å². The van der Waals surface area contributed by atoms with Gasteiger partial charge in [0.15, 0.2) is 0 Å². The summed E-state index contributed by atoms with van der Waals surface area (Å²) in [4.78, 5) is 10.8. The Morgan fingerprint density at radius 2 is 2.33 bits per heavy atom. The van der Waals surface area contributed by atoms with Gasteiger partial charge in [-0.1, -0.05) is 0 Å². The number of carboxylic acid groups (broad SMARTS) is 1. The van der Waals surface area contributed by atoms with E-state index < -0.39 is 5.97 Å². The average molecular weight is 208 g/mol. The molecule has 1 aromatic carbocycles. The van der Waals surface area contributed by atoms with Crippen LogP contribution in [0.5, 0.6) is 5.75 Å². The van der Waals surface area contributed by atoms with Crippen molar-refractivity contribution in [3.8, 4) is 5.75 Å². The van der Waals surface area contributed by atoms with Crippen molar-refractivity contribution in [2.45, 2.75) is 12.3 Å². The number of aliphatic hydroxyl groups is 1. The zero-order valence-corrected chi connectivity index (χ0v) is 8.14. The molecule has 1 atom stereocenters. The van der Waals surface area contributed by atoms with E-state index in [0.29, 0.717) is 12.4 Å². The molecule has 15 heavy (non-hydrogen) atoms. The van der Waals surface area contributed by atoms with Gasteiger partial charge < -0.3 is 14.9 Å². The molecule has 4 heteroatoms. The van der Waals surface area contributed by atoms with Gasteiger partial charge in [0.2, 0.25) is 0 Å². The van der Waals surface area contributed by atoms with E-state index in [1.165, 1.54) is 6.07 Å². The maximum absolute atomic E-state index is 10.8. The molecule has 0 fully saturated rings. The number of hydrogen-bond acceptors (Lipinski definition) is 3. The summed E-state index contributed by atoms with van der Waals surface area (Å²) in [5.41, 5.74) is 1.03. The summed E-state index contributed by atoms with van der Waals surface area (Å²) in [7, 11) is 0. The van der Waals surface area contributed by atoms with Crippen molar-refractivity contribution in [1.82, 2.24) is 0 Å². The average Bonchev–Trinajstić information content (AvgIpc) is 2.27. The second-order valence-electron chi connectivity index (χ2n) is 3.57. The smallest absolute Gasteiger partial charge is 0.335 e. The van der Waals surface area contributed by atoms with Gasteiger partial charge in [0.25, 0.3) is 0 Å². The van der Waals surface area contributed by atoms with Gasteiger partial charge in [-0.3, -0.25) is 0 Å². The van der Waals surface area contributed by atoms with E-state index in [-0.39, 0.29) is 18.1 Å². The van der Waals surface area contributed by atoms with Crippen LogP contribution in [-0.2, 0) is 0 Å². The molecule has 0 spiro atoms. The van der Waals surface area contributed by atoms with Crippen molar-refractivity contribution in [1.29, 1.82) is 0 Å². The SMILES string of the molecule is O=C(O)c1ccc2c(c1)C(CO)CCO2. The molecule has 1 aliphatic heterocycles. The number of hydrogen-bond donors (Lipinski definition) is 2. The zero-order valence-electron chi connectivity index (χ0n) is 8.14. The molecular weight excluding hydrogens is 196 g/mol. The van der Waals surface area contributed by atoms with Crippen LogP contribution in [0.2, 0.25) is 0 Å². The lowest BCUT2D eigenvalue weighted by Crippen LogP contribution is -2.17. The lowest BCUT2D eigenvalue weighted by atomic mass is 9.92. The number of carbonyl (C=O) groups is 1. The van der Waals surface area contributed by atoms with Crippen LogP contribution in [0.4, 0.5) is 0 Å². The van der Waals surface area contributed by atoms with E-state index >= 15 is 0 Å². The van der Waals surface area contributed by atoms with Crippen LogP contribution in [0, 0.1) is 0 Å². The highest BCUT2D eigenvalue weighted by Gasteiger charge is 2.21. The van der Waals surface area contributed by atoms with Gasteiger partial charge in [0.05, 0.1) is 18.8 Å². The van der Waals surface area contributed by atoms with E-state index in [4.69, 9.17) is 14.9 Å². The fourth-order valence-corrected chi connectivity index (χ4v) is 1.79. The Bertz CT molecular complexity index is 386. The Morgan fingerprint density at radius 3 is 3.00 bits per heavy atom. The number of aromatic carboxylic acids is 1. The molecule has 1 aliphatic rings. The Morgan fingerprint density at radius 1 is 1.53 bits per heavy atom. The first-order chi connectivity index (χ1) is 7.22. The molecule has 1 heterocycles. The number of aliphatic hydroxyl groups excluding tert-OH is 1. The predicted octanol–water partition coefficient (Wildman–Crippen LogP) is 1.24. The molecule has 80 valence electrons. The van der Waals surface area contributed by atoms with Crippen LogP contribution < -0.4 is 4.74 Å². The predicted molar refractivity (Wildman–Crippen MR) is 53.3 cm³/mol. The molecule has 0 aliphatic carbocycles. The van der Waals surface area contributed by atoms with Crippen molar-refractivity contribution >= 4 is 5.97 Å². The second kappa shape index (κ2) is 3.90. The summed E-state index contributed by atoms with van der Waals surface area (Å²) in [6, 6.07) is 4.75. The third-order valence-corrected chi connectivity index (χ3v) is 2.64. The molecule has 1 aromatic rings. The summed E-state index contributed by atoms with van der Waals surface area (Å²) < 4.78 is 5.39. The molecule has 0 amide bonds. The number of carboxylic acids is 1. The van der Waals surface area contributed by atoms with E-state index in [9.17, 15) is 4.79 Å². The van der Waals surface area contributed by atoms with Gasteiger partial charge in [-0.15, -0.1) is 0 Å². The third-order valence-electron chi connectivity index (χ3n) is 2.64. The van der Waals surface area contributed by atoms with Crippen molar-refractivity contribution in [3.63, 3.8) is 0 Å². The highest BCUT2D eigenvalue weighted by atomic mass is 16.5. The lowest BCUT2D eigenvalue weighted by molar-refractivity contribution is 0.0696. The number of rotatable bonds is 2. The van der Waals surface area contributed by atoms with Crippen molar-refractivity contribution in [3.05, 3.63) is 29.3 Å². The highest BCUT2D eigenvalue weighted by Crippen LogP contribution is 2.33. The normalized spacial score (nSPS) is 19.1. The zero-order chi connectivity index (χ0) is 10.8. The largest absolute Gasteiger partial charge is 0.493 e. The summed E-state index contributed by atoms with van der Waals surface area (Å²) in [5.74, 6) is -0.279. The minimum atomic E-state index is -0.958. The van der Waals surface area contributed by atoms with E-state index in [0.717, 1.165) is 12.0 Å². The van der Waals surface area contributed by atoms with Crippen molar-refractivity contribution in [2.24, 2.45) is 0 Å². The van der Waals surface area contributed by atoms with E-state index in [2.05, 4.69) is 0 Å². The first kappa shape index (κ1) is 9.98. The minimum Gasteiger partial charge on any atom is -0.493 e. The maximum Gasteiger partial charge on any atom is 0.335 e. The molecule has 0 saturated carbocycles. The number of benzene rings is 1. The Balaban J connectivity index is 2.43. The fraction of sp³-hybridized carbons (Fsp3) is 0.364. The third kappa shape index (κ3) is 1.80. The first-order valence-corrected chi connectivity index (χ1v) is 4.83. The van der Waals surface area contributed by atoms with Crippen molar-refractivity contribution in [2.75, 3.05) is 13.2 Å². The molecule has 2 N–H and O–H groups in total. The molecule has 0 saturated heterocycles. The van der Waals surface area contributed by atoms with Crippen LogP contribution in [0.15, 0.2) is 18.2 Å². The standard InChI is InChI=1S/C11H12O4/c12-6-8-3-4-15-10-2-1-7(11(13)14)5-9(8)10/h1-2,5,8,12H,3-4,6H2,(H,13,14). The van der Waals surface area contributed by atoms with E-state index in [1.807, 2.05) is 0 Å². The van der Waals surface area contributed by atoms with Gasteiger partial charge in [-0.25, -0.2) is 4.79 Å². The second-order valence-corrected chi connectivity index (χ2v) is 3.57. The van der Waals surface area contributed by atoms with Gasteiger partial charge in [-0.05, 0) is 24.6 Å². The van der Waals surface area contributed by atoms with Crippen LogP contribution >= 0.6 is 0 Å². The fourth-order valence-electron chi connectivity index (χ4n) is 1.79. The van der Waals surface area contributed by atoms with Crippen LogP contribution in [0.1, 0.15) is 28.3 Å². The molecule has 0 bridgehead atoms. The Kier molecular flexibility index (Phi) is 2.60. The van der Waals surface area contributed by atoms with Gasteiger partial charge in [0.1, 0.15) is 5.75 Å². The minimum absolute atomic E-state index is 0.00644. The highest BCUT2D eigenvalue weighted by molar-refractivity contribution is 5.88.